The molecule has 0 spiro atoms. The van der Waals surface area contributed by atoms with Gasteiger partial charge in [-0.05, 0) is 43.2 Å². The second-order valence-corrected chi connectivity index (χ2v) is 11.6. The lowest BCUT2D eigenvalue weighted by Crippen LogP contribution is -2.35. The summed E-state index contributed by atoms with van der Waals surface area (Å²) in [6.45, 7) is 3.89. The van der Waals surface area contributed by atoms with Gasteiger partial charge in [0.1, 0.15) is 23.7 Å². The number of thioether (sulfide) groups is 1. The van der Waals surface area contributed by atoms with Crippen molar-refractivity contribution >= 4 is 28.8 Å². The number of likely N-dealkylation sites (tertiary alicyclic amines) is 1. The highest BCUT2D eigenvalue weighted by atomic mass is 32.2. The normalized spacial score (nSPS) is 17.9. The number of benzene rings is 2. The van der Waals surface area contributed by atoms with Crippen LogP contribution in [0.4, 0.5) is 4.39 Å². The van der Waals surface area contributed by atoms with Crippen LogP contribution in [0.5, 0.6) is 5.88 Å². The predicted molar refractivity (Wildman–Crippen MR) is 154 cm³/mol. The smallest absolute Gasteiger partial charge is 0.337 e. The molecule has 12 heteroatoms. The third kappa shape index (κ3) is 6.13. The highest BCUT2D eigenvalue weighted by Gasteiger charge is 2.25. The molecule has 2 saturated heterocycles. The number of halogens is 1. The Labute approximate surface area is 247 Å². The number of carbonyl (C=O) groups is 1. The maximum atomic E-state index is 14.2. The van der Waals surface area contributed by atoms with E-state index in [0.717, 1.165) is 55.1 Å². The summed E-state index contributed by atoms with van der Waals surface area (Å²) in [7, 11) is 1.39. The van der Waals surface area contributed by atoms with Crippen molar-refractivity contribution in [3.05, 3.63) is 77.0 Å². The minimum atomic E-state index is -0.465. The van der Waals surface area contributed by atoms with Crippen LogP contribution in [0, 0.1) is 17.1 Å². The van der Waals surface area contributed by atoms with Crippen molar-refractivity contribution in [1.82, 2.24) is 24.2 Å². The summed E-state index contributed by atoms with van der Waals surface area (Å²) in [6.07, 6.45) is 3.74. The van der Waals surface area contributed by atoms with Crippen LogP contribution in [0.25, 0.3) is 11.0 Å². The number of nitriles is 1. The van der Waals surface area contributed by atoms with Gasteiger partial charge in [0, 0.05) is 36.7 Å². The summed E-state index contributed by atoms with van der Waals surface area (Å²) < 4.78 is 34.9. The van der Waals surface area contributed by atoms with Crippen LogP contribution in [0.2, 0.25) is 0 Å². The van der Waals surface area contributed by atoms with E-state index in [1.165, 1.54) is 13.2 Å². The molecule has 6 rings (SSSR count). The molecular formula is C30H31FN6O4S. The van der Waals surface area contributed by atoms with Gasteiger partial charge >= 0.3 is 5.97 Å². The Morgan fingerprint density at radius 1 is 1.21 bits per heavy atom. The maximum Gasteiger partial charge on any atom is 0.337 e. The topological polar surface area (TPSA) is 107 Å². The van der Waals surface area contributed by atoms with Gasteiger partial charge in [-0.3, -0.25) is 9.58 Å². The SMILES string of the molecule is COC(=O)c1ccc2nc(CN3CCC(n4ccc(OCc5ccc(C#N)cc5F)n4)CC3)n(C[C@H]3OCCS3)c2c1. The average molecular weight is 591 g/mol. The van der Waals surface area contributed by atoms with E-state index in [9.17, 15) is 9.18 Å². The van der Waals surface area contributed by atoms with Crippen molar-refractivity contribution < 1.29 is 23.4 Å². The number of piperidine rings is 1. The molecule has 2 aromatic heterocycles. The van der Waals surface area contributed by atoms with E-state index in [-0.39, 0.29) is 29.6 Å². The molecule has 2 aromatic carbocycles. The van der Waals surface area contributed by atoms with Crippen LogP contribution < -0.4 is 4.74 Å². The van der Waals surface area contributed by atoms with Gasteiger partial charge in [-0.2, -0.15) is 5.26 Å². The summed E-state index contributed by atoms with van der Waals surface area (Å²) in [5, 5.41) is 13.5. The largest absolute Gasteiger partial charge is 0.472 e. The zero-order valence-electron chi connectivity index (χ0n) is 23.2. The van der Waals surface area contributed by atoms with Crippen LogP contribution in [-0.2, 0) is 29.2 Å². The third-order valence-electron chi connectivity index (χ3n) is 7.71. The van der Waals surface area contributed by atoms with Gasteiger partial charge in [-0.25, -0.2) is 14.2 Å². The molecule has 218 valence electrons. The Morgan fingerprint density at radius 2 is 2.07 bits per heavy atom. The highest BCUT2D eigenvalue weighted by Crippen LogP contribution is 2.28. The molecule has 4 heterocycles. The van der Waals surface area contributed by atoms with E-state index in [2.05, 4.69) is 14.6 Å². The average Bonchev–Trinajstić information content (AvgIpc) is 3.78. The fourth-order valence-corrected chi connectivity index (χ4v) is 6.33. The molecule has 0 amide bonds. The number of esters is 1. The molecule has 0 N–H and O–H groups in total. The van der Waals surface area contributed by atoms with Crippen molar-refractivity contribution in [2.24, 2.45) is 0 Å². The Morgan fingerprint density at radius 3 is 2.81 bits per heavy atom. The molecular weight excluding hydrogens is 559 g/mol. The van der Waals surface area contributed by atoms with Crippen molar-refractivity contribution in [3.8, 4) is 11.9 Å². The van der Waals surface area contributed by atoms with E-state index in [0.29, 0.717) is 30.1 Å². The quantitative estimate of drug-likeness (QED) is 0.260. The van der Waals surface area contributed by atoms with Crippen molar-refractivity contribution in [2.75, 3.05) is 32.6 Å². The van der Waals surface area contributed by atoms with Gasteiger partial charge in [-0.15, -0.1) is 16.9 Å². The first-order valence-corrected chi connectivity index (χ1v) is 14.9. The molecule has 0 unspecified atom stereocenters. The first-order chi connectivity index (χ1) is 20.5. The van der Waals surface area contributed by atoms with Crippen molar-refractivity contribution in [3.63, 3.8) is 0 Å². The Hall–Kier alpha value is -3.92. The molecule has 10 nitrogen and oxygen atoms in total. The van der Waals surface area contributed by atoms with E-state index in [4.69, 9.17) is 24.5 Å². The van der Waals surface area contributed by atoms with Gasteiger partial charge in [-0.1, -0.05) is 6.07 Å². The van der Waals surface area contributed by atoms with Crippen LogP contribution in [0.15, 0.2) is 48.7 Å². The fourth-order valence-electron chi connectivity index (χ4n) is 5.43. The van der Waals surface area contributed by atoms with Gasteiger partial charge in [0.15, 0.2) is 0 Å². The van der Waals surface area contributed by atoms with Crippen LogP contribution in [-0.4, -0.2) is 68.2 Å². The molecule has 2 aliphatic rings. The van der Waals surface area contributed by atoms with Crippen LogP contribution in [0.1, 0.15) is 46.2 Å². The van der Waals surface area contributed by atoms with Crippen molar-refractivity contribution in [2.45, 2.75) is 44.0 Å². The molecule has 0 aliphatic carbocycles. The molecule has 0 saturated carbocycles. The second-order valence-electron chi connectivity index (χ2n) is 10.4. The lowest BCUT2D eigenvalue weighted by Gasteiger charge is -2.32. The highest BCUT2D eigenvalue weighted by molar-refractivity contribution is 7.99. The number of carbonyl (C=O) groups excluding carboxylic acids is 1. The summed E-state index contributed by atoms with van der Waals surface area (Å²) in [4.78, 5) is 19.5. The van der Waals surface area contributed by atoms with Gasteiger partial charge in [0.25, 0.3) is 0 Å². The number of hydrogen-bond acceptors (Lipinski definition) is 9. The minimum absolute atomic E-state index is 0.0412. The number of rotatable bonds is 9. The Kier molecular flexibility index (Phi) is 8.41. The molecule has 1 atom stereocenters. The standard InChI is InChI=1S/C30H31FN6O4S/c1-39-30(38)21-4-5-25-26(15-21)36(18-29-40-12-13-42-29)27(33-25)17-35-9-6-23(7-10-35)37-11-8-28(34-37)41-19-22-3-2-20(16-32)14-24(22)31/h2-5,8,11,14-15,23,29H,6-7,9-10,12-13,17-19H2,1H3/t29-/m0/s1. The summed E-state index contributed by atoms with van der Waals surface area (Å²) in [6, 6.07) is 13.8. The molecule has 42 heavy (non-hydrogen) atoms. The lowest BCUT2D eigenvalue weighted by molar-refractivity contribution is 0.0601. The molecule has 0 radical (unpaired) electrons. The summed E-state index contributed by atoms with van der Waals surface area (Å²) in [5.74, 6) is 1.53. The van der Waals surface area contributed by atoms with E-state index in [1.54, 1.807) is 36.0 Å². The molecule has 0 bridgehead atoms. The van der Waals surface area contributed by atoms with Gasteiger partial charge in [0.2, 0.25) is 5.88 Å². The lowest BCUT2D eigenvalue weighted by atomic mass is 10.1. The number of hydrogen-bond donors (Lipinski definition) is 0. The summed E-state index contributed by atoms with van der Waals surface area (Å²) in [5.41, 5.74) is 2.96. The first-order valence-electron chi connectivity index (χ1n) is 13.9. The molecule has 2 fully saturated rings. The molecule has 2 aliphatic heterocycles. The number of imidazole rings is 1. The number of methoxy groups -OCH3 is 1. The first kappa shape index (κ1) is 28.2. The predicted octanol–water partition coefficient (Wildman–Crippen LogP) is 4.54. The number of aromatic nitrogens is 4. The number of nitrogens with zero attached hydrogens (tertiary/aromatic N) is 6. The maximum absolute atomic E-state index is 14.2. The van der Waals surface area contributed by atoms with Crippen LogP contribution in [0.3, 0.4) is 0 Å². The zero-order chi connectivity index (χ0) is 29.1. The van der Waals surface area contributed by atoms with Gasteiger partial charge < -0.3 is 18.8 Å². The van der Waals surface area contributed by atoms with E-state index in [1.807, 2.05) is 29.1 Å². The van der Waals surface area contributed by atoms with Crippen LogP contribution >= 0.6 is 11.8 Å². The number of fused-ring (bicyclic) bond motifs is 1. The molecule has 4 aromatic rings. The fraction of sp³-hybridized carbons (Fsp3) is 0.400. The Bertz CT molecular complexity index is 1620. The zero-order valence-corrected chi connectivity index (χ0v) is 24.1. The van der Waals surface area contributed by atoms with Crippen molar-refractivity contribution in [1.29, 1.82) is 5.26 Å². The number of ether oxygens (including phenoxy) is 3. The Balaban J connectivity index is 1.09. The minimum Gasteiger partial charge on any atom is -0.472 e. The van der Waals surface area contributed by atoms with Gasteiger partial charge in [0.05, 0.1) is 61.1 Å². The summed E-state index contributed by atoms with van der Waals surface area (Å²) >= 11 is 1.80. The monoisotopic (exact) mass is 590 g/mol. The van der Waals surface area contributed by atoms with E-state index >= 15 is 0 Å². The second kappa shape index (κ2) is 12.5. The third-order valence-corrected chi connectivity index (χ3v) is 8.77. The van der Waals surface area contributed by atoms with E-state index < -0.39 is 5.82 Å².